The Labute approximate surface area is 107 Å². The summed E-state index contributed by atoms with van der Waals surface area (Å²) < 4.78 is 0. The first-order chi connectivity index (χ1) is 8.01. The molecule has 0 aromatic rings. The Bertz CT molecular complexity index is 192. The molecule has 3 heteroatoms. The van der Waals surface area contributed by atoms with E-state index in [9.17, 15) is 5.11 Å². The summed E-state index contributed by atoms with van der Waals surface area (Å²) in [6.07, 6.45) is 2.57. The lowest BCUT2D eigenvalue weighted by atomic mass is 10.1. The third-order valence-electron chi connectivity index (χ3n) is 2.99. The van der Waals surface area contributed by atoms with E-state index < -0.39 is 0 Å². The van der Waals surface area contributed by atoms with Crippen LogP contribution in [0.1, 0.15) is 40.5 Å². The van der Waals surface area contributed by atoms with E-state index in [2.05, 4.69) is 37.9 Å². The topological polar surface area (TPSA) is 35.5 Å². The highest BCUT2D eigenvalue weighted by atomic mass is 16.3. The van der Waals surface area contributed by atoms with Crippen LogP contribution in [-0.4, -0.2) is 48.3 Å². The van der Waals surface area contributed by atoms with Crippen molar-refractivity contribution in [2.24, 2.45) is 11.8 Å². The van der Waals surface area contributed by atoms with E-state index in [1.54, 1.807) is 0 Å². The molecule has 102 valence electrons. The fraction of sp³-hybridized carbons (Fsp3) is 1.00. The summed E-state index contributed by atoms with van der Waals surface area (Å²) in [4.78, 5) is 2.49. The predicted octanol–water partition coefficient (Wildman–Crippen LogP) is 1.71. The SMILES string of the molecule is CC(C)CN(CC(C)C)CC(CO)NC1CC1. The average Bonchev–Trinajstić information content (AvgIpc) is 2.98. The van der Waals surface area contributed by atoms with Crippen LogP contribution >= 0.6 is 0 Å². The molecule has 0 aromatic heterocycles. The summed E-state index contributed by atoms with van der Waals surface area (Å²) in [6.45, 7) is 12.5. The summed E-state index contributed by atoms with van der Waals surface area (Å²) in [5.74, 6) is 1.38. The van der Waals surface area contributed by atoms with Crippen molar-refractivity contribution in [1.82, 2.24) is 10.2 Å². The van der Waals surface area contributed by atoms with Gasteiger partial charge in [-0.15, -0.1) is 0 Å². The van der Waals surface area contributed by atoms with Crippen molar-refractivity contribution in [3.63, 3.8) is 0 Å². The molecule has 0 heterocycles. The molecule has 17 heavy (non-hydrogen) atoms. The number of hydrogen-bond acceptors (Lipinski definition) is 3. The average molecular weight is 242 g/mol. The maximum absolute atomic E-state index is 9.43. The van der Waals surface area contributed by atoms with Gasteiger partial charge in [-0.1, -0.05) is 27.7 Å². The third-order valence-corrected chi connectivity index (χ3v) is 2.99. The Morgan fingerprint density at radius 1 is 1.06 bits per heavy atom. The van der Waals surface area contributed by atoms with Crippen LogP contribution in [0.25, 0.3) is 0 Å². The first kappa shape index (κ1) is 14.9. The highest BCUT2D eigenvalue weighted by Crippen LogP contribution is 2.19. The molecule has 0 radical (unpaired) electrons. The smallest absolute Gasteiger partial charge is 0.0597 e. The minimum Gasteiger partial charge on any atom is -0.395 e. The predicted molar refractivity (Wildman–Crippen MR) is 73.1 cm³/mol. The highest BCUT2D eigenvalue weighted by molar-refractivity contribution is 4.86. The molecule has 1 rings (SSSR count). The van der Waals surface area contributed by atoms with Crippen molar-refractivity contribution in [2.75, 3.05) is 26.2 Å². The van der Waals surface area contributed by atoms with Crippen LogP contribution < -0.4 is 5.32 Å². The van der Waals surface area contributed by atoms with E-state index in [1.807, 2.05) is 0 Å². The van der Waals surface area contributed by atoms with E-state index in [0.29, 0.717) is 17.9 Å². The summed E-state index contributed by atoms with van der Waals surface area (Å²) in [5.41, 5.74) is 0. The second-order valence-electron chi connectivity index (χ2n) is 6.33. The van der Waals surface area contributed by atoms with Gasteiger partial charge in [-0.25, -0.2) is 0 Å². The van der Waals surface area contributed by atoms with Crippen molar-refractivity contribution < 1.29 is 5.11 Å². The van der Waals surface area contributed by atoms with Crippen LogP contribution in [0.3, 0.4) is 0 Å². The molecular weight excluding hydrogens is 212 g/mol. The van der Waals surface area contributed by atoms with Gasteiger partial charge in [0.1, 0.15) is 0 Å². The van der Waals surface area contributed by atoms with Gasteiger partial charge >= 0.3 is 0 Å². The molecule has 0 aromatic carbocycles. The fourth-order valence-electron chi connectivity index (χ4n) is 2.31. The molecule has 1 saturated carbocycles. The molecule has 1 aliphatic rings. The lowest BCUT2D eigenvalue weighted by Crippen LogP contribution is -2.46. The van der Waals surface area contributed by atoms with E-state index in [1.165, 1.54) is 12.8 Å². The highest BCUT2D eigenvalue weighted by Gasteiger charge is 2.25. The van der Waals surface area contributed by atoms with Crippen LogP contribution in [0.15, 0.2) is 0 Å². The van der Waals surface area contributed by atoms with E-state index in [-0.39, 0.29) is 12.6 Å². The number of rotatable bonds is 9. The summed E-state index contributed by atoms with van der Waals surface area (Å²) >= 11 is 0. The zero-order valence-corrected chi connectivity index (χ0v) is 11.9. The van der Waals surface area contributed by atoms with Crippen molar-refractivity contribution in [1.29, 1.82) is 0 Å². The maximum atomic E-state index is 9.43. The van der Waals surface area contributed by atoms with Gasteiger partial charge in [-0.2, -0.15) is 0 Å². The van der Waals surface area contributed by atoms with Crippen molar-refractivity contribution >= 4 is 0 Å². The third kappa shape index (κ3) is 7.02. The number of aliphatic hydroxyl groups is 1. The van der Waals surface area contributed by atoms with Crippen LogP contribution in [-0.2, 0) is 0 Å². The van der Waals surface area contributed by atoms with Crippen LogP contribution in [0.5, 0.6) is 0 Å². The Kier molecular flexibility index (Phi) is 6.45. The molecule has 3 nitrogen and oxygen atoms in total. The number of nitrogens with one attached hydrogen (secondary N) is 1. The molecule has 1 aliphatic carbocycles. The van der Waals surface area contributed by atoms with Gasteiger partial charge < -0.3 is 15.3 Å². The van der Waals surface area contributed by atoms with Gasteiger partial charge in [-0.05, 0) is 24.7 Å². The zero-order valence-electron chi connectivity index (χ0n) is 11.9. The monoisotopic (exact) mass is 242 g/mol. The summed E-state index contributed by atoms with van der Waals surface area (Å²) in [5, 5.41) is 13.0. The lowest BCUT2D eigenvalue weighted by Gasteiger charge is -2.30. The molecule has 1 unspecified atom stereocenters. The van der Waals surface area contributed by atoms with Crippen molar-refractivity contribution in [2.45, 2.75) is 52.6 Å². The van der Waals surface area contributed by atoms with Gasteiger partial charge in [0.2, 0.25) is 0 Å². The molecule has 2 N–H and O–H groups in total. The van der Waals surface area contributed by atoms with Crippen LogP contribution in [0.4, 0.5) is 0 Å². The molecule has 0 amide bonds. The molecule has 0 aliphatic heterocycles. The molecule has 0 spiro atoms. The first-order valence-corrected chi connectivity index (χ1v) is 7.10. The second kappa shape index (κ2) is 7.34. The maximum Gasteiger partial charge on any atom is 0.0597 e. The van der Waals surface area contributed by atoms with Gasteiger partial charge in [0.15, 0.2) is 0 Å². The van der Waals surface area contributed by atoms with E-state index in [4.69, 9.17) is 0 Å². The van der Waals surface area contributed by atoms with E-state index in [0.717, 1.165) is 19.6 Å². The van der Waals surface area contributed by atoms with Gasteiger partial charge in [-0.3, -0.25) is 0 Å². The molecule has 0 saturated heterocycles. The largest absolute Gasteiger partial charge is 0.395 e. The van der Waals surface area contributed by atoms with Crippen LogP contribution in [0.2, 0.25) is 0 Å². The minimum atomic E-state index is 0.250. The summed E-state index contributed by atoms with van der Waals surface area (Å²) in [7, 11) is 0. The van der Waals surface area contributed by atoms with Crippen molar-refractivity contribution in [3.05, 3.63) is 0 Å². The minimum absolute atomic E-state index is 0.250. The molecule has 1 atom stereocenters. The second-order valence-corrected chi connectivity index (χ2v) is 6.33. The Balaban J connectivity index is 2.37. The first-order valence-electron chi connectivity index (χ1n) is 7.10. The Hall–Kier alpha value is -0.120. The Morgan fingerprint density at radius 3 is 1.94 bits per heavy atom. The lowest BCUT2D eigenvalue weighted by molar-refractivity contribution is 0.158. The number of hydrogen-bond donors (Lipinski definition) is 2. The summed E-state index contributed by atoms with van der Waals surface area (Å²) in [6, 6.07) is 0.923. The quantitative estimate of drug-likeness (QED) is 0.646. The molecular formula is C14H30N2O. The van der Waals surface area contributed by atoms with E-state index >= 15 is 0 Å². The fourth-order valence-corrected chi connectivity index (χ4v) is 2.31. The van der Waals surface area contributed by atoms with Crippen molar-refractivity contribution in [3.8, 4) is 0 Å². The normalized spacial score (nSPS) is 18.4. The zero-order chi connectivity index (χ0) is 12.8. The molecule has 0 bridgehead atoms. The van der Waals surface area contributed by atoms with Crippen LogP contribution in [0, 0.1) is 11.8 Å². The standard InChI is InChI=1S/C14H30N2O/c1-11(2)7-16(8-12(3)4)9-14(10-17)15-13-5-6-13/h11-15,17H,5-10H2,1-4H3. The van der Waals surface area contributed by atoms with Gasteiger partial charge in [0.05, 0.1) is 6.61 Å². The molecule has 1 fully saturated rings. The number of aliphatic hydroxyl groups excluding tert-OH is 1. The van der Waals surface area contributed by atoms with Gasteiger partial charge in [0, 0.05) is 31.7 Å². The number of nitrogens with zero attached hydrogens (tertiary/aromatic N) is 1. The van der Waals surface area contributed by atoms with Gasteiger partial charge in [0.25, 0.3) is 0 Å². The Morgan fingerprint density at radius 2 is 1.59 bits per heavy atom.